The summed E-state index contributed by atoms with van der Waals surface area (Å²) in [6.07, 6.45) is 2.09. The zero-order valence-corrected chi connectivity index (χ0v) is 17.4. The van der Waals surface area contributed by atoms with Crippen molar-refractivity contribution in [3.63, 3.8) is 0 Å². The second-order valence-corrected chi connectivity index (χ2v) is 9.16. The van der Waals surface area contributed by atoms with E-state index in [-0.39, 0.29) is 48.3 Å². The number of Topliss-reactive ketones (excluding diaryl/α,β-unsaturated/α-hetero) is 1. The first kappa shape index (κ1) is 21.7. The van der Waals surface area contributed by atoms with Crippen molar-refractivity contribution in [3.8, 4) is 0 Å². The smallest absolute Gasteiger partial charge is 0.335 e. The van der Waals surface area contributed by atoms with Crippen molar-refractivity contribution in [3.05, 3.63) is 0 Å². The third-order valence-electron chi connectivity index (χ3n) is 7.43. The van der Waals surface area contributed by atoms with Crippen molar-refractivity contribution in [2.45, 2.75) is 58.7 Å². The van der Waals surface area contributed by atoms with Gasteiger partial charge in [-0.1, -0.05) is 20.8 Å². The van der Waals surface area contributed by atoms with Gasteiger partial charge in [0.25, 0.3) is 0 Å². The Morgan fingerprint density at radius 1 is 1.18 bits per heavy atom. The van der Waals surface area contributed by atoms with Crippen LogP contribution in [0.5, 0.6) is 0 Å². The van der Waals surface area contributed by atoms with Crippen molar-refractivity contribution in [1.82, 2.24) is 4.90 Å². The van der Waals surface area contributed by atoms with Gasteiger partial charge >= 0.3 is 5.97 Å². The quantitative estimate of drug-likeness (QED) is 0.531. The monoisotopic (exact) mass is 397 g/mol. The van der Waals surface area contributed by atoms with Crippen molar-refractivity contribution < 1.29 is 29.3 Å². The number of hydrogen-bond donors (Lipinski definition) is 2. The normalized spacial score (nSPS) is 36.3. The first-order valence-electron chi connectivity index (χ1n) is 10.6. The molecule has 0 aromatic rings. The van der Waals surface area contributed by atoms with Crippen LogP contribution in [0.25, 0.3) is 0 Å². The maximum absolute atomic E-state index is 13.6. The molecule has 0 aromatic carbocycles. The standard InChI is InChI=1S/C21H35NO6/c1-14-4-5-16-20(2,3)21(16,18(14)28-15-7-13-27-19(15)26)17(25)6-8-22(9-11-23)10-12-24/h14-16,18,23-24H,4-13H2,1-3H3. The molecule has 2 aliphatic carbocycles. The molecular weight excluding hydrogens is 362 g/mol. The molecule has 28 heavy (non-hydrogen) atoms. The summed E-state index contributed by atoms with van der Waals surface area (Å²) in [7, 11) is 0. The first-order valence-corrected chi connectivity index (χ1v) is 10.6. The van der Waals surface area contributed by atoms with Gasteiger partial charge in [-0.05, 0) is 30.1 Å². The molecule has 5 unspecified atom stereocenters. The van der Waals surface area contributed by atoms with Gasteiger partial charge in [-0.25, -0.2) is 4.79 Å². The maximum atomic E-state index is 13.6. The van der Waals surface area contributed by atoms with E-state index in [1.165, 1.54) is 0 Å². The molecule has 3 aliphatic rings. The lowest BCUT2D eigenvalue weighted by atomic mass is 9.74. The number of ketones is 1. The number of ether oxygens (including phenoxy) is 2. The highest BCUT2D eigenvalue weighted by Crippen LogP contribution is 2.76. The summed E-state index contributed by atoms with van der Waals surface area (Å²) >= 11 is 0. The molecule has 2 saturated carbocycles. The van der Waals surface area contributed by atoms with Crippen molar-refractivity contribution >= 4 is 11.8 Å². The van der Waals surface area contributed by atoms with Crippen LogP contribution in [0.15, 0.2) is 0 Å². The molecular formula is C21H35NO6. The van der Waals surface area contributed by atoms with Crippen molar-refractivity contribution in [2.24, 2.45) is 22.7 Å². The molecule has 2 N–H and O–H groups in total. The van der Waals surface area contributed by atoms with E-state index >= 15 is 0 Å². The van der Waals surface area contributed by atoms with Crippen molar-refractivity contribution in [2.75, 3.05) is 39.5 Å². The zero-order chi connectivity index (χ0) is 20.5. The van der Waals surface area contributed by atoms with E-state index in [4.69, 9.17) is 9.47 Å². The summed E-state index contributed by atoms with van der Waals surface area (Å²) < 4.78 is 11.4. The summed E-state index contributed by atoms with van der Waals surface area (Å²) in [6, 6.07) is 0. The third kappa shape index (κ3) is 3.51. The van der Waals surface area contributed by atoms with E-state index in [0.29, 0.717) is 39.1 Å². The van der Waals surface area contributed by atoms with Crippen LogP contribution >= 0.6 is 0 Å². The minimum Gasteiger partial charge on any atom is -0.464 e. The molecule has 7 nitrogen and oxygen atoms in total. The highest BCUT2D eigenvalue weighted by Gasteiger charge is 2.79. The van der Waals surface area contributed by atoms with Gasteiger partial charge in [-0.2, -0.15) is 0 Å². The van der Waals surface area contributed by atoms with E-state index in [2.05, 4.69) is 20.8 Å². The lowest BCUT2D eigenvalue weighted by molar-refractivity contribution is -0.162. The van der Waals surface area contributed by atoms with Crippen molar-refractivity contribution in [1.29, 1.82) is 0 Å². The number of aliphatic hydroxyl groups excluding tert-OH is 2. The molecule has 3 rings (SSSR count). The van der Waals surface area contributed by atoms with Gasteiger partial charge in [0.05, 0.1) is 31.3 Å². The molecule has 0 radical (unpaired) electrons. The summed E-state index contributed by atoms with van der Waals surface area (Å²) in [5.74, 6) is 0.357. The molecule has 1 saturated heterocycles. The van der Waals surface area contributed by atoms with Gasteiger partial charge in [-0.15, -0.1) is 0 Å². The maximum Gasteiger partial charge on any atom is 0.335 e. The lowest BCUT2D eigenvalue weighted by Gasteiger charge is -2.38. The number of nitrogens with zero attached hydrogens (tertiary/aromatic N) is 1. The number of esters is 1. The largest absolute Gasteiger partial charge is 0.464 e. The van der Waals surface area contributed by atoms with Gasteiger partial charge in [0.1, 0.15) is 5.78 Å². The summed E-state index contributed by atoms with van der Waals surface area (Å²) in [6.45, 7) is 8.20. The predicted octanol–water partition coefficient (Wildman–Crippen LogP) is 1.01. The Bertz CT molecular complexity index is 587. The first-order chi connectivity index (χ1) is 13.3. The molecule has 5 atom stereocenters. The van der Waals surface area contributed by atoms with Crippen LogP contribution in [-0.4, -0.2) is 78.5 Å². The molecule has 0 bridgehead atoms. The SMILES string of the molecule is CC1CCC2C(C)(C)C2(C(=O)CCN(CCO)CCO)C1OC1CCOC1=O. The van der Waals surface area contributed by atoms with Crippen LogP contribution in [0.4, 0.5) is 0 Å². The van der Waals surface area contributed by atoms with Crippen LogP contribution in [0.2, 0.25) is 0 Å². The summed E-state index contributed by atoms with van der Waals surface area (Å²) in [5, 5.41) is 18.4. The van der Waals surface area contributed by atoms with Gasteiger partial charge in [-0.3, -0.25) is 9.69 Å². The second kappa shape index (κ2) is 8.38. The third-order valence-corrected chi connectivity index (χ3v) is 7.43. The minimum absolute atomic E-state index is 0.0000130. The zero-order valence-electron chi connectivity index (χ0n) is 17.4. The Hall–Kier alpha value is -1.02. The van der Waals surface area contributed by atoms with Crippen LogP contribution in [0, 0.1) is 22.7 Å². The second-order valence-electron chi connectivity index (χ2n) is 9.16. The Morgan fingerprint density at radius 2 is 1.86 bits per heavy atom. The van der Waals surface area contributed by atoms with Gasteiger partial charge in [0.15, 0.2) is 6.10 Å². The van der Waals surface area contributed by atoms with Crippen LogP contribution < -0.4 is 0 Å². The number of rotatable bonds is 10. The van der Waals surface area contributed by atoms with Crippen LogP contribution in [0.3, 0.4) is 0 Å². The predicted molar refractivity (Wildman–Crippen MR) is 103 cm³/mol. The Kier molecular flexibility index (Phi) is 6.49. The number of aliphatic hydroxyl groups is 2. The van der Waals surface area contributed by atoms with Crippen LogP contribution in [-0.2, 0) is 19.1 Å². The number of hydrogen-bond acceptors (Lipinski definition) is 7. The number of fused-ring (bicyclic) bond motifs is 1. The fourth-order valence-corrected chi connectivity index (χ4v) is 5.91. The molecule has 7 heteroatoms. The van der Waals surface area contributed by atoms with Gasteiger partial charge < -0.3 is 19.7 Å². The number of cyclic esters (lactones) is 1. The van der Waals surface area contributed by atoms with Gasteiger partial charge in [0.2, 0.25) is 0 Å². The molecule has 1 heterocycles. The molecule has 1 aliphatic heterocycles. The number of carbonyl (C=O) groups excluding carboxylic acids is 2. The minimum atomic E-state index is -0.562. The average molecular weight is 398 g/mol. The molecule has 3 fully saturated rings. The fourth-order valence-electron chi connectivity index (χ4n) is 5.91. The van der Waals surface area contributed by atoms with E-state index in [1.807, 2.05) is 4.90 Å². The molecule has 0 aromatic heterocycles. The summed E-state index contributed by atoms with van der Waals surface area (Å²) in [5.41, 5.74) is -0.710. The highest BCUT2D eigenvalue weighted by atomic mass is 16.6. The summed E-state index contributed by atoms with van der Waals surface area (Å²) in [4.78, 5) is 27.4. The lowest BCUT2D eigenvalue weighted by Crippen LogP contribution is -2.46. The molecule has 0 spiro atoms. The van der Waals surface area contributed by atoms with E-state index < -0.39 is 11.5 Å². The Balaban J connectivity index is 1.77. The Labute approximate surface area is 167 Å². The van der Waals surface area contributed by atoms with E-state index in [1.54, 1.807) is 0 Å². The number of carbonyl (C=O) groups is 2. The Morgan fingerprint density at radius 3 is 2.43 bits per heavy atom. The highest BCUT2D eigenvalue weighted by molar-refractivity contribution is 5.91. The van der Waals surface area contributed by atoms with Gasteiger partial charge in [0, 0.05) is 32.5 Å². The van der Waals surface area contributed by atoms with E-state index in [0.717, 1.165) is 12.8 Å². The van der Waals surface area contributed by atoms with Crippen LogP contribution in [0.1, 0.15) is 46.5 Å². The average Bonchev–Trinajstić information content (AvgIpc) is 2.92. The molecule has 160 valence electrons. The topological polar surface area (TPSA) is 96.3 Å². The fraction of sp³-hybridized carbons (Fsp3) is 0.905. The van der Waals surface area contributed by atoms with E-state index in [9.17, 15) is 19.8 Å². The molecule has 0 amide bonds.